The molecule has 0 atom stereocenters. The van der Waals surface area contributed by atoms with Gasteiger partial charge in [0.15, 0.2) is 5.82 Å². The maximum absolute atomic E-state index is 15.0. The van der Waals surface area contributed by atoms with Crippen molar-refractivity contribution in [3.63, 3.8) is 0 Å². The maximum atomic E-state index is 15.0. The van der Waals surface area contributed by atoms with Gasteiger partial charge < -0.3 is 14.5 Å². The molecule has 0 aliphatic carbocycles. The zero-order valence-corrected chi connectivity index (χ0v) is 19.8. The summed E-state index contributed by atoms with van der Waals surface area (Å²) in [4.78, 5) is 20.0. The Hall–Kier alpha value is -2.94. The predicted octanol–water partition coefficient (Wildman–Crippen LogP) is 4.89. The molecule has 168 valence electrons. The molecule has 1 aromatic carbocycles. The quantitative estimate of drug-likeness (QED) is 0.510. The first-order chi connectivity index (χ1) is 15.2. The number of pyridine rings is 1. The van der Waals surface area contributed by atoms with E-state index in [0.717, 1.165) is 15.7 Å². The van der Waals surface area contributed by atoms with E-state index in [-0.39, 0.29) is 11.9 Å². The van der Waals surface area contributed by atoms with Crippen LogP contribution in [0.25, 0.3) is 16.9 Å². The van der Waals surface area contributed by atoms with E-state index in [2.05, 4.69) is 30.9 Å². The number of anilines is 1. The Labute approximate surface area is 194 Å². The van der Waals surface area contributed by atoms with Crippen LogP contribution in [0, 0.1) is 5.82 Å². The molecule has 1 amide bonds. The van der Waals surface area contributed by atoms with Gasteiger partial charge in [-0.1, -0.05) is 0 Å². The SMILES string of the molecule is CC(C)(C)OC(=O)N1CCN(c2ccc(-n3cc(Br)c(-c4ccncc4)n3)c(F)c2)CC1. The summed E-state index contributed by atoms with van der Waals surface area (Å²) in [5, 5.41) is 4.54. The number of benzene rings is 1. The van der Waals surface area contributed by atoms with Crippen LogP contribution >= 0.6 is 15.9 Å². The van der Waals surface area contributed by atoms with E-state index in [1.807, 2.05) is 39.0 Å². The second-order valence-corrected chi connectivity index (χ2v) is 9.45. The van der Waals surface area contributed by atoms with Crippen LogP contribution in [0.5, 0.6) is 0 Å². The van der Waals surface area contributed by atoms with Crippen molar-refractivity contribution in [3.05, 3.63) is 59.2 Å². The van der Waals surface area contributed by atoms with Crippen LogP contribution in [0.4, 0.5) is 14.9 Å². The van der Waals surface area contributed by atoms with Crippen molar-refractivity contribution in [2.24, 2.45) is 0 Å². The van der Waals surface area contributed by atoms with E-state index in [9.17, 15) is 4.79 Å². The number of halogens is 2. The summed E-state index contributed by atoms with van der Waals surface area (Å²) in [5.74, 6) is -0.367. The highest BCUT2D eigenvalue weighted by atomic mass is 79.9. The molecule has 0 unspecified atom stereocenters. The molecule has 0 spiro atoms. The smallest absolute Gasteiger partial charge is 0.410 e. The molecule has 3 heterocycles. The molecule has 1 aliphatic rings. The Morgan fingerprint density at radius 1 is 1.09 bits per heavy atom. The Balaban J connectivity index is 1.46. The van der Waals surface area contributed by atoms with Crippen molar-refractivity contribution >= 4 is 27.7 Å². The minimum atomic E-state index is -0.522. The second kappa shape index (κ2) is 8.90. The van der Waals surface area contributed by atoms with Crippen LogP contribution in [-0.2, 0) is 4.74 Å². The van der Waals surface area contributed by atoms with Crippen molar-refractivity contribution in [3.8, 4) is 16.9 Å². The average molecular weight is 502 g/mol. The van der Waals surface area contributed by atoms with E-state index in [1.165, 1.54) is 10.7 Å². The third-order valence-corrected chi connectivity index (χ3v) is 5.68. The minimum Gasteiger partial charge on any atom is -0.444 e. The van der Waals surface area contributed by atoms with E-state index >= 15 is 4.39 Å². The summed E-state index contributed by atoms with van der Waals surface area (Å²) in [7, 11) is 0. The van der Waals surface area contributed by atoms with Gasteiger partial charge in [0.2, 0.25) is 0 Å². The van der Waals surface area contributed by atoms with Crippen molar-refractivity contribution < 1.29 is 13.9 Å². The number of ether oxygens (including phenoxy) is 1. The molecule has 2 aromatic heterocycles. The summed E-state index contributed by atoms with van der Waals surface area (Å²) < 4.78 is 22.8. The van der Waals surface area contributed by atoms with Gasteiger partial charge in [-0.05, 0) is 67.0 Å². The first-order valence-electron chi connectivity index (χ1n) is 10.4. The van der Waals surface area contributed by atoms with E-state index in [4.69, 9.17) is 4.74 Å². The zero-order chi connectivity index (χ0) is 22.9. The molecule has 4 rings (SSSR count). The van der Waals surface area contributed by atoms with Crippen LogP contribution in [0.2, 0.25) is 0 Å². The molecular weight excluding hydrogens is 477 g/mol. The molecular formula is C23H25BrFN5O2. The fourth-order valence-corrected chi connectivity index (χ4v) is 4.04. The van der Waals surface area contributed by atoms with Crippen LogP contribution in [0.15, 0.2) is 53.4 Å². The van der Waals surface area contributed by atoms with Crippen molar-refractivity contribution in [1.82, 2.24) is 19.7 Å². The van der Waals surface area contributed by atoms with Crippen molar-refractivity contribution in [1.29, 1.82) is 0 Å². The molecule has 3 aromatic rings. The van der Waals surface area contributed by atoms with Gasteiger partial charge in [0.25, 0.3) is 0 Å². The monoisotopic (exact) mass is 501 g/mol. The third-order valence-electron chi connectivity index (χ3n) is 5.10. The van der Waals surface area contributed by atoms with E-state index in [1.54, 1.807) is 29.6 Å². The zero-order valence-electron chi connectivity index (χ0n) is 18.3. The minimum absolute atomic E-state index is 0.312. The van der Waals surface area contributed by atoms with Gasteiger partial charge in [0.05, 0.1) is 4.47 Å². The lowest BCUT2D eigenvalue weighted by molar-refractivity contribution is 0.0240. The van der Waals surface area contributed by atoms with Gasteiger partial charge in [-0.15, -0.1) is 0 Å². The third kappa shape index (κ3) is 4.93. The van der Waals surface area contributed by atoms with E-state index < -0.39 is 5.60 Å². The maximum Gasteiger partial charge on any atom is 0.410 e. The van der Waals surface area contributed by atoms with Crippen LogP contribution in [-0.4, -0.2) is 57.5 Å². The van der Waals surface area contributed by atoms with Crippen LogP contribution in [0.3, 0.4) is 0 Å². The number of hydrogen-bond donors (Lipinski definition) is 0. The lowest BCUT2D eigenvalue weighted by Gasteiger charge is -2.36. The standard InChI is InChI=1S/C23H25BrFN5O2/c1-23(2,3)32-22(31)29-12-10-28(11-13-29)17-4-5-20(19(25)14-17)30-15-18(24)21(27-30)16-6-8-26-9-7-16/h4-9,14-15H,10-13H2,1-3H3. The summed E-state index contributed by atoms with van der Waals surface area (Å²) in [5.41, 5.74) is 2.23. The van der Waals surface area contributed by atoms with Crippen LogP contribution < -0.4 is 4.90 Å². The van der Waals surface area contributed by atoms with Gasteiger partial charge in [0.1, 0.15) is 17.0 Å². The molecule has 9 heteroatoms. The number of amides is 1. The van der Waals surface area contributed by atoms with E-state index in [0.29, 0.717) is 37.6 Å². The topological polar surface area (TPSA) is 63.5 Å². The van der Waals surface area contributed by atoms with Gasteiger partial charge >= 0.3 is 6.09 Å². The lowest BCUT2D eigenvalue weighted by atomic mass is 10.2. The van der Waals surface area contributed by atoms with Gasteiger partial charge in [0, 0.05) is 56.0 Å². The Kier molecular flexibility index (Phi) is 6.19. The Bertz CT molecular complexity index is 1110. The number of carbonyl (C=O) groups excluding carboxylic acids is 1. The molecule has 7 nitrogen and oxygen atoms in total. The number of rotatable bonds is 3. The molecule has 0 saturated carbocycles. The predicted molar refractivity (Wildman–Crippen MR) is 124 cm³/mol. The molecule has 1 aliphatic heterocycles. The molecule has 1 fully saturated rings. The number of piperazine rings is 1. The lowest BCUT2D eigenvalue weighted by Crippen LogP contribution is -2.50. The van der Waals surface area contributed by atoms with Crippen molar-refractivity contribution in [2.75, 3.05) is 31.1 Å². The number of hydrogen-bond acceptors (Lipinski definition) is 5. The largest absolute Gasteiger partial charge is 0.444 e. The van der Waals surface area contributed by atoms with Crippen LogP contribution in [0.1, 0.15) is 20.8 Å². The highest BCUT2D eigenvalue weighted by Crippen LogP contribution is 2.29. The summed E-state index contributed by atoms with van der Waals surface area (Å²) in [6, 6.07) is 8.83. The molecule has 1 saturated heterocycles. The Morgan fingerprint density at radius 3 is 2.41 bits per heavy atom. The first kappa shape index (κ1) is 22.3. The molecule has 0 radical (unpaired) electrons. The van der Waals surface area contributed by atoms with Crippen molar-refractivity contribution in [2.45, 2.75) is 26.4 Å². The van der Waals surface area contributed by atoms with Gasteiger partial charge in [-0.3, -0.25) is 4.98 Å². The number of nitrogens with zero attached hydrogens (tertiary/aromatic N) is 5. The van der Waals surface area contributed by atoms with Gasteiger partial charge in [-0.25, -0.2) is 13.9 Å². The highest BCUT2D eigenvalue weighted by Gasteiger charge is 2.26. The number of aromatic nitrogens is 3. The summed E-state index contributed by atoms with van der Waals surface area (Å²) in [6.07, 6.45) is 4.82. The summed E-state index contributed by atoms with van der Waals surface area (Å²) in [6.45, 7) is 7.82. The number of carbonyl (C=O) groups is 1. The first-order valence-corrected chi connectivity index (χ1v) is 11.2. The van der Waals surface area contributed by atoms with Gasteiger partial charge in [-0.2, -0.15) is 5.10 Å². The fourth-order valence-electron chi connectivity index (χ4n) is 3.53. The molecule has 0 bridgehead atoms. The summed E-state index contributed by atoms with van der Waals surface area (Å²) >= 11 is 3.51. The Morgan fingerprint density at radius 2 is 1.78 bits per heavy atom. The average Bonchev–Trinajstić information content (AvgIpc) is 3.14. The highest BCUT2D eigenvalue weighted by molar-refractivity contribution is 9.10. The second-order valence-electron chi connectivity index (χ2n) is 8.60. The normalized spacial score (nSPS) is 14.5. The molecule has 32 heavy (non-hydrogen) atoms. The fraction of sp³-hybridized carbons (Fsp3) is 0.348. The molecule has 0 N–H and O–H groups in total.